The lowest BCUT2D eigenvalue weighted by Gasteiger charge is -2.28. The van der Waals surface area contributed by atoms with Gasteiger partial charge in [-0.05, 0) is 11.5 Å². The first-order chi connectivity index (χ1) is 13.8. The molecular formula is C21H25N5O2S. The number of imidazole rings is 1. The molecule has 0 bridgehead atoms. The second-order valence-electron chi connectivity index (χ2n) is 8.38. The summed E-state index contributed by atoms with van der Waals surface area (Å²) in [5.41, 5.74) is 7.25. The van der Waals surface area contributed by atoms with E-state index in [2.05, 4.69) is 32.7 Å². The van der Waals surface area contributed by atoms with Crippen molar-refractivity contribution >= 4 is 33.2 Å². The number of nitrogens with two attached hydrogens (primary N) is 1. The Hall–Kier alpha value is -2.71. The van der Waals surface area contributed by atoms with E-state index in [-0.39, 0.29) is 5.91 Å². The highest BCUT2D eigenvalue weighted by Gasteiger charge is 2.34. The van der Waals surface area contributed by atoms with Crippen molar-refractivity contribution in [2.75, 3.05) is 6.54 Å². The Morgan fingerprint density at radius 1 is 1.31 bits per heavy atom. The summed E-state index contributed by atoms with van der Waals surface area (Å²) >= 11 is 1.66. The molecule has 0 aliphatic carbocycles. The Kier molecular flexibility index (Phi) is 4.92. The number of aromatic nitrogens is 2. The van der Waals surface area contributed by atoms with Gasteiger partial charge in [0.1, 0.15) is 11.9 Å². The molecule has 4 rings (SSSR count). The van der Waals surface area contributed by atoms with Crippen LogP contribution in [0.3, 0.4) is 0 Å². The molecule has 2 aromatic heterocycles. The third-order valence-electron chi connectivity index (χ3n) is 5.24. The van der Waals surface area contributed by atoms with Crippen molar-refractivity contribution in [3.63, 3.8) is 0 Å². The molecule has 0 fully saturated rings. The molecule has 7 nitrogen and oxygen atoms in total. The van der Waals surface area contributed by atoms with Crippen molar-refractivity contribution in [2.45, 2.75) is 39.9 Å². The molecule has 2 amide bonds. The number of nitrogens with one attached hydrogen (secondary N) is 2. The number of rotatable bonds is 4. The van der Waals surface area contributed by atoms with Gasteiger partial charge in [0.15, 0.2) is 5.69 Å². The molecule has 0 spiro atoms. The summed E-state index contributed by atoms with van der Waals surface area (Å²) in [6.07, 6.45) is 0. The molecule has 1 aromatic carbocycles. The van der Waals surface area contributed by atoms with Crippen molar-refractivity contribution in [1.29, 1.82) is 0 Å². The van der Waals surface area contributed by atoms with Gasteiger partial charge >= 0.3 is 0 Å². The summed E-state index contributed by atoms with van der Waals surface area (Å²) in [6.45, 7) is 7.70. The molecule has 152 valence electrons. The van der Waals surface area contributed by atoms with Crippen LogP contribution in [0.2, 0.25) is 0 Å². The van der Waals surface area contributed by atoms with Crippen LogP contribution in [0.1, 0.15) is 37.0 Å². The molecule has 1 aliphatic heterocycles. The normalized spacial score (nSPS) is 15.1. The Morgan fingerprint density at radius 2 is 2.07 bits per heavy atom. The highest BCUT2D eigenvalue weighted by Crippen LogP contribution is 2.35. The zero-order valence-electron chi connectivity index (χ0n) is 16.8. The van der Waals surface area contributed by atoms with Crippen LogP contribution in [-0.4, -0.2) is 34.0 Å². The minimum Gasteiger partial charge on any atom is -0.368 e. The average molecular weight is 412 g/mol. The van der Waals surface area contributed by atoms with Crippen LogP contribution in [0.5, 0.6) is 0 Å². The van der Waals surface area contributed by atoms with Crippen LogP contribution >= 0.6 is 11.3 Å². The number of carbonyl (C=O) groups excluding carboxylic acids is 2. The van der Waals surface area contributed by atoms with E-state index < -0.39 is 17.4 Å². The maximum absolute atomic E-state index is 13.1. The molecule has 4 N–H and O–H groups in total. The van der Waals surface area contributed by atoms with Crippen LogP contribution < -0.4 is 16.4 Å². The van der Waals surface area contributed by atoms with Crippen LogP contribution in [0.25, 0.3) is 21.5 Å². The largest absolute Gasteiger partial charge is 0.368 e. The molecule has 1 aliphatic rings. The number of hydrogen-bond acceptors (Lipinski definition) is 5. The molecule has 0 saturated heterocycles. The second kappa shape index (κ2) is 7.27. The molecule has 29 heavy (non-hydrogen) atoms. The quantitative estimate of drug-likeness (QED) is 0.614. The Balaban J connectivity index is 1.77. The number of hydrogen-bond donors (Lipinski definition) is 3. The summed E-state index contributed by atoms with van der Waals surface area (Å²) in [4.78, 5) is 29.8. The fourth-order valence-corrected chi connectivity index (χ4v) is 4.70. The number of primary amides is 1. The average Bonchev–Trinajstić information content (AvgIpc) is 3.26. The summed E-state index contributed by atoms with van der Waals surface area (Å²) in [5, 5.41) is 9.33. The van der Waals surface area contributed by atoms with Gasteiger partial charge in [-0.1, -0.05) is 39.0 Å². The van der Waals surface area contributed by atoms with Crippen molar-refractivity contribution in [1.82, 2.24) is 20.2 Å². The molecule has 0 radical (unpaired) electrons. The molecule has 1 atom stereocenters. The molecule has 0 saturated carbocycles. The number of amides is 2. The maximum Gasteiger partial charge on any atom is 0.272 e. The molecule has 0 unspecified atom stereocenters. The fourth-order valence-electron chi connectivity index (χ4n) is 3.76. The summed E-state index contributed by atoms with van der Waals surface area (Å²) in [7, 11) is 0. The van der Waals surface area contributed by atoms with E-state index in [9.17, 15) is 9.59 Å². The highest BCUT2D eigenvalue weighted by atomic mass is 32.1. The first-order valence-electron chi connectivity index (χ1n) is 9.64. The van der Waals surface area contributed by atoms with Crippen molar-refractivity contribution < 1.29 is 9.59 Å². The number of benzene rings is 1. The number of thiophene rings is 1. The van der Waals surface area contributed by atoms with Gasteiger partial charge in [-0.15, -0.1) is 11.3 Å². The van der Waals surface area contributed by atoms with Gasteiger partial charge in [-0.25, -0.2) is 4.98 Å². The smallest absolute Gasteiger partial charge is 0.272 e. The zero-order chi connectivity index (χ0) is 20.8. The number of fused-ring (bicyclic) bond motifs is 2. The van der Waals surface area contributed by atoms with E-state index in [4.69, 9.17) is 10.7 Å². The van der Waals surface area contributed by atoms with Gasteiger partial charge in [0.25, 0.3) is 5.91 Å². The van der Waals surface area contributed by atoms with Crippen LogP contribution in [0, 0.1) is 5.41 Å². The summed E-state index contributed by atoms with van der Waals surface area (Å²) < 4.78 is 3.29. The predicted molar refractivity (Wildman–Crippen MR) is 115 cm³/mol. The zero-order valence-corrected chi connectivity index (χ0v) is 17.6. The van der Waals surface area contributed by atoms with Gasteiger partial charge < -0.3 is 20.9 Å². The molecule has 3 heterocycles. The van der Waals surface area contributed by atoms with Crippen molar-refractivity contribution in [2.24, 2.45) is 11.1 Å². The Morgan fingerprint density at radius 3 is 2.79 bits per heavy atom. The Labute approximate surface area is 173 Å². The Bertz CT molecular complexity index is 1090. The van der Waals surface area contributed by atoms with Crippen LogP contribution in [0.4, 0.5) is 0 Å². The first-order valence-corrected chi connectivity index (χ1v) is 10.5. The monoisotopic (exact) mass is 411 g/mol. The van der Waals surface area contributed by atoms with Crippen molar-refractivity contribution in [3.8, 4) is 11.4 Å². The minimum atomic E-state index is -0.783. The van der Waals surface area contributed by atoms with Gasteiger partial charge in [-0.3, -0.25) is 9.59 Å². The van der Waals surface area contributed by atoms with E-state index in [1.165, 1.54) is 4.70 Å². The standard InChI is InChI=1S/C21H25N5O2S/c1-21(2,3)17(18(22)27)25-20(28)16-14-10-23-8-9-26(14)19(24-16)13-11-29-15-7-5-4-6-12(13)15/h4-7,11,17,23H,8-10H2,1-3H3,(H2,22,27)(H,25,28)/t17-/m1/s1. The fraction of sp³-hybridized carbons (Fsp3) is 0.381. The van der Waals surface area contributed by atoms with Crippen LogP contribution in [0.15, 0.2) is 29.6 Å². The maximum atomic E-state index is 13.1. The van der Waals surface area contributed by atoms with Crippen LogP contribution in [-0.2, 0) is 17.9 Å². The SMILES string of the molecule is CC(C)(C)[C@H](NC(=O)c1nc(-c2csc3ccccc23)n2c1CNCC2)C(N)=O. The third-order valence-corrected chi connectivity index (χ3v) is 6.20. The molecular weight excluding hydrogens is 386 g/mol. The first kappa shape index (κ1) is 19.6. The van der Waals surface area contributed by atoms with Gasteiger partial charge in [0, 0.05) is 40.7 Å². The topological polar surface area (TPSA) is 102 Å². The lowest BCUT2D eigenvalue weighted by atomic mass is 9.86. The summed E-state index contributed by atoms with van der Waals surface area (Å²) in [6, 6.07) is 7.40. The van der Waals surface area contributed by atoms with E-state index in [0.717, 1.165) is 35.6 Å². The van der Waals surface area contributed by atoms with Gasteiger partial charge in [0.2, 0.25) is 5.91 Å². The third kappa shape index (κ3) is 3.54. The molecule has 8 heteroatoms. The van der Waals surface area contributed by atoms with Gasteiger partial charge in [0.05, 0.1) is 5.69 Å². The van der Waals surface area contributed by atoms with Gasteiger partial charge in [-0.2, -0.15) is 0 Å². The van der Waals surface area contributed by atoms with E-state index in [1.54, 1.807) is 11.3 Å². The van der Waals surface area contributed by atoms with E-state index in [0.29, 0.717) is 12.2 Å². The minimum absolute atomic E-state index is 0.345. The second-order valence-corrected chi connectivity index (χ2v) is 9.29. The summed E-state index contributed by atoms with van der Waals surface area (Å²) in [5.74, 6) is -0.140. The van der Waals surface area contributed by atoms with E-state index in [1.807, 2.05) is 32.9 Å². The lowest BCUT2D eigenvalue weighted by molar-refractivity contribution is -0.122. The molecule has 3 aromatic rings. The van der Waals surface area contributed by atoms with Crippen molar-refractivity contribution in [3.05, 3.63) is 41.0 Å². The predicted octanol–water partition coefficient (Wildman–Crippen LogP) is 2.50. The lowest BCUT2D eigenvalue weighted by Crippen LogP contribution is -2.52. The number of nitrogens with zero attached hydrogens (tertiary/aromatic N) is 2. The number of carbonyl (C=O) groups is 2. The highest BCUT2D eigenvalue weighted by molar-refractivity contribution is 7.17. The van der Waals surface area contributed by atoms with E-state index >= 15 is 0 Å².